The molecule has 0 bridgehead atoms. The highest BCUT2D eigenvalue weighted by molar-refractivity contribution is 6.08. The number of rotatable bonds is 5. The Labute approximate surface area is 154 Å². The highest BCUT2D eigenvalue weighted by Gasteiger charge is 2.31. The van der Waals surface area contributed by atoms with Gasteiger partial charge in [0, 0.05) is 37.7 Å². The van der Waals surface area contributed by atoms with Crippen molar-refractivity contribution in [2.24, 2.45) is 0 Å². The first-order valence-corrected chi connectivity index (χ1v) is 9.15. The van der Waals surface area contributed by atoms with Gasteiger partial charge >= 0.3 is 0 Å². The van der Waals surface area contributed by atoms with Crippen LogP contribution >= 0.6 is 0 Å². The van der Waals surface area contributed by atoms with Crippen LogP contribution in [0.1, 0.15) is 53.0 Å². The molecular weight excluding hydrogens is 326 g/mol. The lowest BCUT2D eigenvalue weighted by molar-refractivity contribution is 0.0793. The Hall–Kier alpha value is -2.69. The summed E-state index contributed by atoms with van der Waals surface area (Å²) >= 11 is 0. The Morgan fingerprint density at radius 2 is 1.96 bits per heavy atom. The second-order valence-corrected chi connectivity index (χ2v) is 6.90. The summed E-state index contributed by atoms with van der Waals surface area (Å²) in [5, 5.41) is 0. The third-order valence-corrected chi connectivity index (χ3v) is 4.85. The zero-order chi connectivity index (χ0) is 18.7. The van der Waals surface area contributed by atoms with Gasteiger partial charge in [0.2, 0.25) is 0 Å². The van der Waals surface area contributed by atoms with Gasteiger partial charge in [-0.2, -0.15) is 0 Å². The fourth-order valence-electron chi connectivity index (χ4n) is 3.41. The number of benzene rings is 1. The van der Waals surface area contributed by atoms with E-state index < -0.39 is 0 Å². The number of nitrogens with zero attached hydrogens (tertiary/aromatic N) is 3. The minimum Gasteiger partial charge on any atom is -0.342 e. The molecule has 26 heavy (non-hydrogen) atoms. The van der Waals surface area contributed by atoms with Crippen molar-refractivity contribution in [2.45, 2.75) is 39.2 Å². The minimum absolute atomic E-state index is 0.0893. The maximum atomic E-state index is 13.1. The molecule has 2 amide bonds. The monoisotopic (exact) mass is 351 g/mol. The molecule has 0 radical (unpaired) electrons. The van der Waals surface area contributed by atoms with Gasteiger partial charge in [0.15, 0.2) is 0 Å². The van der Waals surface area contributed by atoms with E-state index in [9.17, 15) is 9.59 Å². The average molecular weight is 351 g/mol. The van der Waals surface area contributed by atoms with E-state index in [1.807, 2.05) is 25.1 Å². The molecule has 1 unspecified atom stereocenters. The fraction of sp³-hybridized carbons (Fsp3) is 0.381. The Kier molecular flexibility index (Phi) is 5.35. The van der Waals surface area contributed by atoms with E-state index in [1.54, 1.807) is 29.1 Å². The summed E-state index contributed by atoms with van der Waals surface area (Å²) in [6.45, 7) is 4.83. The molecule has 3 rings (SSSR count). The standard InChI is InChI=1S/C21H25N3O2/c1-4-5-10-23(3)20(25)17-12-18(14-22-13-17)21(26)24-15(2)11-16-8-6-7-9-19(16)24/h6-9,12-15H,4-5,10-11H2,1-3H3. The van der Waals surface area contributed by atoms with Crippen LogP contribution in [0.2, 0.25) is 0 Å². The molecule has 2 heterocycles. The third-order valence-electron chi connectivity index (χ3n) is 4.85. The predicted molar refractivity (Wildman–Crippen MR) is 103 cm³/mol. The van der Waals surface area contributed by atoms with Crippen LogP contribution in [-0.4, -0.2) is 41.3 Å². The Balaban J connectivity index is 1.84. The molecule has 0 saturated heterocycles. The van der Waals surface area contributed by atoms with Gasteiger partial charge < -0.3 is 9.80 Å². The molecule has 0 fully saturated rings. The van der Waals surface area contributed by atoms with Gasteiger partial charge in [-0.3, -0.25) is 14.6 Å². The molecule has 1 aromatic heterocycles. The first kappa shape index (κ1) is 18.1. The molecular formula is C21H25N3O2. The number of aromatic nitrogens is 1. The van der Waals surface area contributed by atoms with E-state index in [2.05, 4.69) is 18.0 Å². The van der Waals surface area contributed by atoms with Gasteiger partial charge in [-0.1, -0.05) is 31.5 Å². The summed E-state index contributed by atoms with van der Waals surface area (Å²) in [6.07, 6.45) is 5.90. The van der Waals surface area contributed by atoms with Crippen LogP contribution < -0.4 is 4.90 Å². The van der Waals surface area contributed by atoms with Crippen molar-refractivity contribution in [2.75, 3.05) is 18.5 Å². The van der Waals surface area contributed by atoms with Crippen LogP contribution in [0.25, 0.3) is 0 Å². The van der Waals surface area contributed by atoms with Gasteiger partial charge in [0.05, 0.1) is 11.1 Å². The second-order valence-electron chi connectivity index (χ2n) is 6.90. The highest BCUT2D eigenvalue weighted by Crippen LogP contribution is 2.33. The van der Waals surface area contributed by atoms with E-state index in [4.69, 9.17) is 0 Å². The van der Waals surface area contributed by atoms with Crippen LogP contribution in [0.4, 0.5) is 5.69 Å². The van der Waals surface area contributed by atoms with Gasteiger partial charge in [0.1, 0.15) is 0 Å². The molecule has 0 saturated carbocycles. The van der Waals surface area contributed by atoms with Crippen molar-refractivity contribution in [3.63, 3.8) is 0 Å². The number of pyridine rings is 1. The van der Waals surface area contributed by atoms with Crippen LogP contribution in [0.5, 0.6) is 0 Å². The molecule has 1 atom stereocenters. The van der Waals surface area contributed by atoms with Gasteiger partial charge in [0.25, 0.3) is 11.8 Å². The van der Waals surface area contributed by atoms with Crippen molar-refractivity contribution in [1.82, 2.24) is 9.88 Å². The number of hydrogen-bond donors (Lipinski definition) is 0. The van der Waals surface area contributed by atoms with Crippen LogP contribution in [0.3, 0.4) is 0 Å². The van der Waals surface area contributed by atoms with Crippen molar-refractivity contribution in [3.05, 3.63) is 59.4 Å². The van der Waals surface area contributed by atoms with E-state index in [1.165, 1.54) is 11.8 Å². The van der Waals surface area contributed by atoms with Crippen molar-refractivity contribution in [3.8, 4) is 0 Å². The molecule has 0 aliphatic carbocycles. The predicted octanol–water partition coefficient (Wildman–Crippen LogP) is 3.55. The average Bonchev–Trinajstić information content (AvgIpc) is 3.00. The van der Waals surface area contributed by atoms with Crippen LogP contribution in [0, 0.1) is 0 Å². The van der Waals surface area contributed by atoms with Gasteiger partial charge in [-0.15, -0.1) is 0 Å². The molecule has 0 spiro atoms. The maximum absolute atomic E-state index is 13.1. The zero-order valence-corrected chi connectivity index (χ0v) is 15.6. The lowest BCUT2D eigenvalue weighted by Gasteiger charge is -2.23. The number of fused-ring (bicyclic) bond motifs is 1. The second kappa shape index (κ2) is 7.68. The topological polar surface area (TPSA) is 53.5 Å². The van der Waals surface area contributed by atoms with Crippen molar-refractivity contribution < 1.29 is 9.59 Å². The summed E-state index contributed by atoms with van der Waals surface area (Å²) in [5.74, 6) is -0.212. The summed E-state index contributed by atoms with van der Waals surface area (Å²) in [6, 6.07) is 9.71. The van der Waals surface area contributed by atoms with Gasteiger partial charge in [-0.05, 0) is 37.5 Å². The summed E-state index contributed by atoms with van der Waals surface area (Å²) in [4.78, 5) is 33.3. The lowest BCUT2D eigenvalue weighted by atomic mass is 10.1. The largest absolute Gasteiger partial charge is 0.342 e. The number of para-hydroxylation sites is 1. The molecule has 1 aliphatic rings. The van der Waals surface area contributed by atoms with E-state index in [-0.39, 0.29) is 17.9 Å². The van der Waals surface area contributed by atoms with E-state index in [0.29, 0.717) is 17.7 Å². The summed E-state index contributed by atoms with van der Waals surface area (Å²) in [5.41, 5.74) is 3.02. The number of anilines is 1. The number of amides is 2. The Bertz CT molecular complexity index is 818. The molecule has 2 aromatic rings. The Morgan fingerprint density at radius 1 is 1.23 bits per heavy atom. The molecule has 136 valence electrons. The van der Waals surface area contributed by atoms with Crippen LogP contribution in [-0.2, 0) is 6.42 Å². The highest BCUT2D eigenvalue weighted by atomic mass is 16.2. The molecule has 5 nitrogen and oxygen atoms in total. The van der Waals surface area contributed by atoms with Crippen molar-refractivity contribution >= 4 is 17.5 Å². The summed E-state index contributed by atoms with van der Waals surface area (Å²) in [7, 11) is 1.78. The number of carbonyl (C=O) groups is 2. The number of carbonyl (C=O) groups excluding carboxylic acids is 2. The molecule has 0 N–H and O–H groups in total. The zero-order valence-electron chi connectivity index (χ0n) is 15.6. The molecule has 1 aliphatic heterocycles. The quantitative estimate of drug-likeness (QED) is 0.828. The first-order chi connectivity index (χ1) is 12.5. The lowest BCUT2D eigenvalue weighted by Crippen LogP contribution is -2.36. The van der Waals surface area contributed by atoms with E-state index >= 15 is 0 Å². The number of unbranched alkanes of at least 4 members (excludes halogenated alkanes) is 1. The fourth-order valence-corrected chi connectivity index (χ4v) is 3.41. The molecule has 5 heteroatoms. The van der Waals surface area contributed by atoms with Crippen LogP contribution in [0.15, 0.2) is 42.7 Å². The number of hydrogen-bond acceptors (Lipinski definition) is 3. The maximum Gasteiger partial charge on any atom is 0.260 e. The molecule has 1 aromatic carbocycles. The Morgan fingerprint density at radius 3 is 2.73 bits per heavy atom. The minimum atomic E-state index is -0.110. The normalized spacial score (nSPS) is 15.7. The summed E-state index contributed by atoms with van der Waals surface area (Å²) < 4.78 is 0. The van der Waals surface area contributed by atoms with Crippen molar-refractivity contribution in [1.29, 1.82) is 0 Å². The van der Waals surface area contributed by atoms with Gasteiger partial charge in [-0.25, -0.2) is 0 Å². The smallest absolute Gasteiger partial charge is 0.260 e. The third kappa shape index (κ3) is 3.47. The SMILES string of the molecule is CCCCN(C)C(=O)c1cncc(C(=O)N2c3ccccc3CC2C)c1. The first-order valence-electron chi connectivity index (χ1n) is 9.15. The van der Waals surface area contributed by atoms with E-state index in [0.717, 1.165) is 24.9 Å².